The summed E-state index contributed by atoms with van der Waals surface area (Å²) in [6.07, 6.45) is 3.08. The van der Waals surface area contributed by atoms with Gasteiger partial charge in [0.1, 0.15) is 11.5 Å². The van der Waals surface area contributed by atoms with Gasteiger partial charge in [0, 0.05) is 14.1 Å². The first kappa shape index (κ1) is 16.1. The number of nitrogens with zero attached hydrogens (tertiary/aromatic N) is 4. The van der Waals surface area contributed by atoms with Crippen LogP contribution in [0.4, 0.5) is 9.18 Å². The van der Waals surface area contributed by atoms with Gasteiger partial charge in [0.15, 0.2) is 5.82 Å². The molecule has 2 amide bonds. The maximum Gasteiger partial charge on any atom is 0.320 e. The molecule has 1 aliphatic rings. The monoisotopic (exact) mass is 326 g/mol. The largest absolute Gasteiger partial charge is 0.331 e. The van der Waals surface area contributed by atoms with Crippen molar-refractivity contribution >= 4 is 11.6 Å². The normalized spacial score (nSPS) is 16.9. The lowest BCUT2D eigenvalue weighted by molar-refractivity contribution is 0.170. The molecule has 0 N–H and O–H groups in total. The molecule has 0 aliphatic carbocycles. The Hall–Kier alpha value is -2.76. The van der Waals surface area contributed by atoms with E-state index in [0.29, 0.717) is 17.9 Å². The van der Waals surface area contributed by atoms with Crippen molar-refractivity contribution in [1.82, 2.24) is 19.8 Å². The number of amides is 2. The molecule has 1 atom stereocenters. The second kappa shape index (κ2) is 6.39. The Kier molecular flexibility index (Phi) is 4.29. The van der Waals surface area contributed by atoms with Gasteiger partial charge >= 0.3 is 6.03 Å². The van der Waals surface area contributed by atoms with E-state index in [1.165, 1.54) is 11.1 Å². The number of halogens is 1. The maximum atomic E-state index is 14.2. The van der Waals surface area contributed by atoms with E-state index in [9.17, 15) is 9.18 Å². The summed E-state index contributed by atoms with van der Waals surface area (Å²) in [4.78, 5) is 23.9. The molecular formula is C18H19FN4O. The minimum absolute atomic E-state index is 0.124. The van der Waals surface area contributed by atoms with Crippen molar-refractivity contribution in [2.45, 2.75) is 13.0 Å². The predicted octanol–water partition coefficient (Wildman–Crippen LogP) is 3.05. The first-order chi connectivity index (χ1) is 11.5. The van der Waals surface area contributed by atoms with Crippen LogP contribution in [0.2, 0.25) is 0 Å². The molecule has 1 aromatic carbocycles. The minimum Gasteiger partial charge on any atom is -0.331 e. The smallest absolute Gasteiger partial charge is 0.320 e. The zero-order chi connectivity index (χ0) is 17.3. The quantitative estimate of drug-likeness (QED) is 0.852. The molecule has 1 aliphatic heterocycles. The lowest BCUT2D eigenvalue weighted by atomic mass is 10.1. The van der Waals surface area contributed by atoms with Gasteiger partial charge in [-0.15, -0.1) is 0 Å². The Morgan fingerprint density at radius 3 is 2.67 bits per heavy atom. The summed E-state index contributed by atoms with van der Waals surface area (Å²) in [6.45, 7) is 2.03. The van der Waals surface area contributed by atoms with Crippen LogP contribution >= 0.6 is 0 Å². The molecule has 1 aromatic heterocycles. The summed E-state index contributed by atoms with van der Waals surface area (Å²) in [6, 6.07) is 9.33. The average molecular weight is 326 g/mol. The minimum atomic E-state index is -0.474. The topological polar surface area (TPSA) is 49.3 Å². The zero-order valence-corrected chi connectivity index (χ0v) is 13.9. The Bertz CT molecular complexity index is 789. The highest BCUT2D eigenvalue weighted by Gasteiger charge is 2.33. The third kappa shape index (κ3) is 2.99. The average Bonchev–Trinajstić information content (AvgIpc) is 3.02. The number of benzene rings is 1. The summed E-state index contributed by atoms with van der Waals surface area (Å²) in [5.41, 5.74) is 1.94. The van der Waals surface area contributed by atoms with Crippen molar-refractivity contribution in [1.29, 1.82) is 0 Å². The van der Waals surface area contributed by atoms with Crippen LogP contribution < -0.4 is 0 Å². The fourth-order valence-electron chi connectivity index (χ4n) is 2.82. The molecule has 2 heterocycles. The van der Waals surface area contributed by atoms with Crippen LogP contribution in [0.25, 0.3) is 5.57 Å². The van der Waals surface area contributed by atoms with Gasteiger partial charge in [-0.25, -0.2) is 19.2 Å². The first-order valence-corrected chi connectivity index (χ1v) is 7.70. The molecular weight excluding hydrogens is 307 g/mol. The molecule has 6 heteroatoms. The van der Waals surface area contributed by atoms with Crippen LogP contribution in [0.3, 0.4) is 0 Å². The molecule has 0 fully saturated rings. The Labute approximate surface area is 140 Å². The number of hydrogen-bond acceptors (Lipinski definition) is 3. The molecule has 5 nitrogen and oxygen atoms in total. The van der Waals surface area contributed by atoms with Gasteiger partial charge < -0.3 is 9.80 Å². The number of urea groups is 1. The molecule has 124 valence electrons. The van der Waals surface area contributed by atoms with Gasteiger partial charge in [-0.1, -0.05) is 36.4 Å². The third-order valence-corrected chi connectivity index (χ3v) is 3.97. The molecule has 24 heavy (non-hydrogen) atoms. The van der Waals surface area contributed by atoms with Gasteiger partial charge in [0.05, 0.1) is 18.8 Å². The fourth-order valence-corrected chi connectivity index (χ4v) is 2.82. The van der Waals surface area contributed by atoms with Crippen LogP contribution in [0.5, 0.6) is 0 Å². The number of carbonyl (C=O) groups excluding carboxylic acids is 1. The predicted molar refractivity (Wildman–Crippen MR) is 89.7 cm³/mol. The van der Waals surface area contributed by atoms with E-state index in [1.54, 1.807) is 25.9 Å². The summed E-state index contributed by atoms with van der Waals surface area (Å²) >= 11 is 0. The molecule has 0 saturated carbocycles. The zero-order valence-electron chi connectivity index (χ0n) is 13.9. The van der Waals surface area contributed by atoms with Gasteiger partial charge in [-0.3, -0.25) is 0 Å². The van der Waals surface area contributed by atoms with E-state index in [-0.39, 0.29) is 17.8 Å². The van der Waals surface area contributed by atoms with Gasteiger partial charge in [-0.05, 0) is 18.1 Å². The number of aryl methyl sites for hydroxylation is 1. The molecule has 0 saturated heterocycles. The van der Waals surface area contributed by atoms with E-state index in [4.69, 9.17) is 0 Å². The van der Waals surface area contributed by atoms with Gasteiger partial charge in [0.25, 0.3) is 0 Å². The summed E-state index contributed by atoms with van der Waals surface area (Å²) < 4.78 is 14.2. The van der Waals surface area contributed by atoms with Crippen LogP contribution in [-0.4, -0.2) is 46.4 Å². The molecule has 0 bridgehead atoms. The van der Waals surface area contributed by atoms with E-state index < -0.39 is 5.82 Å². The van der Waals surface area contributed by atoms with Crippen molar-refractivity contribution in [3.63, 3.8) is 0 Å². The molecule has 0 spiro atoms. The second-order valence-corrected chi connectivity index (χ2v) is 5.97. The molecule has 2 aromatic rings. The summed E-state index contributed by atoms with van der Waals surface area (Å²) in [7, 11) is 3.41. The lowest BCUT2D eigenvalue weighted by Crippen LogP contribution is -2.39. The highest BCUT2D eigenvalue weighted by molar-refractivity contribution is 5.81. The third-order valence-electron chi connectivity index (χ3n) is 3.97. The van der Waals surface area contributed by atoms with Gasteiger partial charge in [-0.2, -0.15) is 0 Å². The SMILES string of the molecule is Cc1ncc(F)c(C2=C[C@@H](c3ccccc3)N(C(=O)N(C)C)C2)n1. The fraction of sp³-hybridized carbons (Fsp3) is 0.278. The van der Waals surface area contributed by atoms with Crippen molar-refractivity contribution in [2.24, 2.45) is 0 Å². The van der Waals surface area contributed by atoms with Crippen LogP contribution in [0, 0.1) is 12.7 Å². The highest BCUT2D eigenvalue weighted by Crippen LogP contribution is 2.35. The lowest BCUT2D eigenvalue weighted by Gasteiger charge is -2.28. The molecule has 0 radical (unpaired) electrons. The van der Waals surface area contributed by atoms with Crippen LogP contribution in [0.15, 0.2) is 42.6 Å². The number of hydrogen-bond donors (Lipinski definition) is 0. The highest BCUT2D eigenvalue weighted by atomic mass is 19.1. The number of rotatable bonds is 2. The van der Waals surface area contributed by atoms with Gasteiger partial charge in [0.2, 0.25) is 0 Å². The Balaban J connectivity index is 2.03. The molecule has 0 unspecified atom stereocenters. The Morgan fingerprint density at radius 2 is 2.00 bits per heavy atom. The van der Waals surface area contributed by atoms with E-state index in [0.717, 1.165) is 5.56 Å². The van der Waals surface area contributed by atoms with Crippen LogP contribution in [0.1, 0.15) is 23.1 Å². The van der Waals surface area contributed by atoms with Crippen molar-refractivity contribution in [3.8, 4) is 0 Å². The number of carbonyl (C=O) groups is 1. The van der Waals surface area contributed by atoms with E-state index in [1.807, 2.05) is 36.4 Å². The van der Waals surface area contributed by atoms with Crippen molar-refractivity contribution in [2.75, 3.05) is 20.6 Å². The van der Waals surface area contributed by atoms with E-state index in [2.05, 4.69) is 9.97 Å². The van der Waals surface area contributed by atoms with Crippen molar-refractivity contribution < 1.29 is 9.18 Å². The summed E-state index contributed by atoms with van der Waals surface area (Å²) in [5, 5.41) is 0. The second-order valence-electron chi connectivity index (χ2n) is 5.97. The standard InChI is InChI=1S/C18H19FN4O/c1-12-20-10-15(19)17(21-12)14-9-16(13-7-5-4-6-8-13)23(11-14)18(24)22(2)3/h4-10,16H,11H2,1-3H3/t16-/m0/s1. The summed E-state index contributed by atoms with van der Waals surface area (Å²) in [5.74, 6) is 0.0266. The number of aromatic nitrogens is 2. The molecule has 3 rings (SSSR count). The maximum absolute atomic E-state index is 14.2. The first-order valence-electron chi connectivity index (χ1n) is 7.70. The van der Waals surface area contributed by atoms with Crippen molar-refractivity contribution in [3.05, 3.63) is 65.5 Å². The van der Waals surface area contributed by atoms with E-state index >= 15 is 0 Å². The van der Waals surface area contributed by atoms with Crippen LogP contribution in [-0.2, 0) is 0 Å². The Morgan fingerprint density at radius 1 is 1.29 bits per heavy atom.